The predicted octanol–water partition coefficient (Wildman–Crippen LogP) is 6.54. The lowest BCUT2D eigenvalue weighted by Crippen LogP contribution is -2.36. The Labute approximate surface area is 197 Å². The second kappa shape index (κ2) is 11.5. The van der Waals surface area contributed by atoms with Gasteiger partial charge in [0.1, 0.15) is 12.0 Å². The number of hydrogen-bond donors (Lipinski definition) is 0. The van der Waals surface area contributed by atoms with Crippen molar-refractivity contribution in [1.29, 1.82) is 0 Å². The molecule has 1 aliphatic rings. The van der Waals surface area contributed by atoms with Crippen LogP contribution < -0.4 is 9.64 Å². The highest BCUT2D eigenvalue weighted by molar-refractivity contribution is 5.55. The SMILES string of the molecule is Cc1cc(N=Nc2ccc(OC=C=C=O)cc2)ccc1N=Nc1ccc(N2CCOCC2)cc1. The first-order valence-electron chi connectivity index (χ1n) is 10.8. The maximum Gasteiger partial charge on any atom is 0.180 e. The molecule has 8 heteroatoms. The summed E-state index contributed by atoms with van der Waals surface area (Å²) in [6, 6.07) is 20.7. The van der Waals surface area contributed by atoms with Crippen molar-refractivity contribution in [3.8, 4) is 5.75 Å². The highest BCUT2D eigenvalue weighted by Gasteiger charge is 2.10. The van der Waals surface area contributed by atoms with E-state index in [-0.39, 0.29) is 0 Å². The monoisotopic (exact) mass is 453 g/mol. The maximum atomic E-state index is 10.1. The number of rotatable bonds is 7. The summed E-state index contributed by atoms with van der Waals surface area (Å²) in [7, 11) is 0. The third kappa shape index (κ3) is 6.34. The van der Waals surface area contributed by atoms with Crippen LogP contribution in [0.2, 0.25) is 0 Å². The largest absolute Gasteiger partial charge is 0.456 e. The van der Waals surface area contributed by atoms with E-state index in [1.54, 1.807) is 24.3 Å². The summed E-state index contributed by atoms with van der Waals surface area (Å²) in [5.41, 5.74) is 7.26. The van der Waals surface area contributed by atoms with Crippen LogP contribution in [0, 0.1) is 6.92 Å². The zero-order valence-electron chi connectivity index (χ0n) is 18.7. The van der Waals surface area contributed by atoms with E-state index in [1.165, 1.54) is 11.6 Å². The Bertz CT molecular complexity index is 1250. The summed E-state index contributed by atoms with van der Waals surface area (Å²) in [6.07, 6.45) is 1.14. The lowest BCUT2D eigenvalue weighted by atomic mass is 10.2. The number of benzene rings is 3. The molecule has 0 atom stereocenters. The fraction of sp³-hybridized carbons (Fsp3) is 0.192. The van der Waals surface area contributed by atoms with Crippen molar-refractivity contribution in [2.45, 2.75) is 6.92 Å². The summed E-state index contributed by atoms with van der Waals surface area (Å²) in [5, 5.41) is 17.3. The molecule has 0 spiro atoms. The summed E-state index contributed by atoms with van der Waals surface area (Å²) < 4.78 is 10.6. The molecule has 1 aliphatic heterocycles. The summed E-state index contributed by atoms with van der Waals surface area (Å²) in [5.74, 6) is 2.05. The quantitative estimate of drug-likeness (QED) is 0.176. The van der Waals surface area contributed by atoms with Gasteiger partial charge in [-0.25, -0.2) is 4.79 Å². The first-order valence-corrected chi connectivity index (χ1v) is 10.8. The third-order valence-corrected chi connectivity index (χ3v) is 5.11. The van der Waals surface area contributed by atoms with Crippen molar-refractivity contribution < 1.29 is 14.3 Å². The number of anilines is 1. The van der Waals surface area contributed by atoms with Gasteiger partial charge in [-0.2, -0.15) is 20.5 Å². The Hall–Kier alpha value is -4.35. The van der Waals surface area contributed by atoms with E-state index < -0.39 is 0 Å². The number of nitrogens with zero attached hydrogens (tertiary/aromatic N) is 5. The van der Waals surface area contributed by atoms with Crippen molar-refractivity contribution in [2.24, 2.45) is 20.5 Å². The van der Waals surface area contributed by atoms with E-state index in [4.69, 9.17) is 9.47 Å². The molecule has 0 amide bonds. The van der Waals surface area contributed by atoms with Gasteiger partial charge < -0.3 is 14.4 Å². The van der Waals surface area contributed by atoms with Gasteiger partial charge in [0.25, 0.3) is 0 Å². The van der Waals surface area contributed by atoms with Crippen molar-refractivity contribution in [2.75, 3.05) is 31.2 Å². The van der Waals surface area contributed by atoms with Gasteiger partial charge in [-0.3, -0.25) is 0 Å². The lowest BCUT2D eigenvalue weighted by Gasteiger charge is -2.28. The average Bonchev–Trinajstić information content (AvgIpc) is 2.89. The van der Waals surface area contributed by atoms with Crippen molar-refractivity contribution in [3.63, 3.8) is 0 Å². The number of ether oxygens (including phenoxy) is 2. The molecular formula is C26H23N5O3. The minimum absolute atomic E-state index is 0.558. The van der Waals surface area contributed by atoms with Gasteiger partial charge in [0.2, 0.25) is 0 Å². The molecule has 0 aromatic heterocycles. The third-order valence-electron chi connectivity index (χ3n) is 5.11. The van der Waals surface area contributed by atoms with E-state index in [0.29, 0.717) is 17.1 Å². The number of aryl methyl sites for hydroxylation is 1. The van der Waals surface area contributed by atoms with Crippen molar-refractivity contribution in [3.05, 3.63) is 84.3 Å². The molecule has 0 aliphatic carbocycles. The zero-order valence-corrected chi connectivity index (χ0v) is 18.7. The summed E-state index contributed by atoms with van der Waals surface area (Å²) in [4.78, 5) is 12.4. The molecule has 1 saturated heterocycles. The van der Waals surface area contributed by atoms with Gasteiger partial charge in [0, 0.05) is 24.5 Å². The molecule has 1 fully saturated rings. The number of carbonyl (C=O) groups excluding carboxylic acids is 1. The predicted molar refractivity (Wildman–Crippen MR) is 130 cm³/mol. The normalized spacial score (nSPS) is 13.6. The smallest absolute Gasteiger partial charge is 0.180 e. The molecule has 3 aromatic rings. The van der Waals surface area contributed by atoms with Crippen molar-refractivity contribution in [1.82, 2.24) is 0 Å². The molecule has 0 bridgehead atoms. The molecule has 0 unspecified atom stereocenters. The fourth-order valence-corrected chi connectivity index (χ4v) is 3.31. The van der Waals surface area contributed by atoms with E-state index in [0.717, 1.165) is 49.5 Å². The minimum Gasteiger partial charge on any atom is -0.456 e. The second-order valence-electron chi connectivity index (χ2n) is 7.46. The fourth-order valence-electron chi connectivity index (χ4n) is 3.31. The topological polar surface area (TPSA) is 88.2 Å². The van der Waals surface area contributed by atoms with E-state index in [1.807, 2.05) is 37.3 Å². The lowest BCUT2D eigenvalue weighted by molar-refractivity contribution is 0.122. The van der Waals surface area contributed by atoms with Gasteiger partial charge >= 0.3 is 0 Å². The molecule has 0 N–H and O–H groups in total. The van der Waals surface area contributed by atoms with Crippen molar-refractivity contribution >= 4 is 34.4 Å². The first kappa shape index (κ1) is 22.8. The molecular weight excluding hydrogens is 430 g/mol. The summed E-state index contributed by atoms with van der Waals surface area (Å²) in [6.45, 7) is 5.29. The van der Waals surface area contributed by atoms with Crippen LogP contribution in [0.1, 0.15) is 5.56 Å². The molecule has 3 aromatic carbocycles. The first-order chi connectivity index (χ1) is 16.7. The Morgan fingerprint density at radius 3 is 2.15 bits per heavy atom. The van der Waals surface area contributed by atoms with Gasteiger partial charge in [-0.05, 0) is 79.2 Å². The van der Waals surface area contributed by atoms with Gasteiger partial charge in [-0.15, -0.1) is 0 Å². The Kier molecular flexibility index (Phi) is 7.72. The standard InChI is InChI=1S/C26H23N5O3/c1-20-19-23(29-27-22-5-10-25(11-6-22)34-16-2-15-32)7-12-26(20)30-28-21-3-8-24(9-4-21)31-13-17-33-18-14-31/h3-12,16,19H,13-14,17-18H2,1H3. The molecule has 8 nitrogen and oxygen atoms in total. The second-order valence-corrected chi connectivity index (χ2v) is 7.46. The molecule has 4 rings (SSSR count). The van der Waals surface area contributed by atoms with Gasteiger partial charge in [0.15, 0.2) is 5.94 Å². The Balaban J connectivity index is 1.37. The van der Waals surface area contributed by atoms with Crippen LogP contribution in [0.25, 0.3) is 0 Å². The molecule has 34 heavy (non-hydrogen) atoms. The zero-order chi connectivity index (χ0) is 23.6. The number of hydrogen-bond acceptors (Lipinski definition) is 8. The highest BCUT2D eigenvalue weighted by atomic mass is 16.5. The van der Waals surface area contributed by atoms with Crippen LogP contribution in [-0.2, 0) is 9.53 Å². The van der Waals surface area contributed by atoms with E-state index >= 15 is 0 Å². The maximum absolute atomic E-state index is 10.1. The van der Waals surface area contributed by atoms with Gasteiger partial charge in [0.05, 0.1) is 36.0 Å². The number of azo groups is 2. The molecule has 170 valence electrons. The Morgan fingerprint density at radius 1 is 0.853 bits per heavy atom. The number of morpholine rings is 1. The van der Waals surface area contributed by atoms with E-state index in [9.17, 15) is 4.79 Å². The van der Waals surface area contributed by atoms with E-state index in [2.05, 4.69) is 43.2 Å². The van der Waals surface area contributed by atoms with Crippen LogP contribution >= 0.6 is 0 Å². The van der Waals surface area contributed by atoms with Crippen LogP contribution in [-0.4, -0.2) is 32.2 Å². The minimum atomic E-state index is 0.558. The Morgan fingerprint density at radius 2 is 1.47 bits per heavy atom. The molecule has 0 saturated carbocycles. The molecule has 1 heterocycles. The summed E-state index contributed by atoms with van der Waals surface area (Å²) >= 11 is 0. The highest BCUT2D eigenvalue weighted by Crippen LogP contribution is 2.28. The van der Waals surface area contributed by atoms with Crippen LogP contribution in [0.5, 0.6) is 5.75 Å². The van der Waals surface area contributed by atoms with Crippen LogP contribution in [0.4, 0.5) is 28.4 Å². The van der Waals surface area contributed by atoms with Crippen LogP contribution in [0.3, 0.4) is 0 Å². The average molecular weight is 454 g/mol. The van der Waals surface area contributed by atoms with Crippen LogP contribution in [0.15, 0.2) is 99.2 Å². The van der Waals surface area contributed by atoms with Gasteiger partial charge in [-0.1, -0.05) is 0 Å². The molecule has 0 radical (unpaired) electrons.